The van der Waals surface area contributed by atoms with Crippen molar-refractivity contribution in [3.8, 4) is 0 Å². The summed E-state index contributed by atoms with van der Waals surface area (Å²) < 4.78 is -1.48. The maximum atomic E-state index is 13.2. The number of H-pyrrole nitrogens is 1. The zero-order valence-electron chi connectivity index (χ0n) is 23.6. The quantitative estimate of drug-likeness (QED) is 0.156. The second-order valence-electron chi connectivity index (χ2n) is 10.5. The van der Waals surface area contributed by atoms with Gasteiger partial charge in [0.15, 0.2) is 0 Å². The van der Waals surface area contributed by atoms with Crippen molar-refractivity contribution in [1.29, 1.82) is 0 Å². The second-order valence-corrected chi connectivity index (χ2v) is 13.3. The van der Waals surface area contributed by atoms with Gasteiger partial charge in [-0.15, -0.1) is 23.5 Å². The number of hydrogen-bond donors (Lipinski definition) is 3. The van der Waals surface area contributed by atoms with Crippen LogP contribution in [-0.2, 0) is 20.1 Å². The SMILES string of the molecule is CC(C)(SCc1nc2ccccc2[nH]1)C(=O)NC(=O)[C@@H](N)CSC(c1ccccc1)(c1ccccc1)c1ccccc1. The highest BCUT2D eigenvalue weighted by Gasteiger charge is 2.38. The molecule has 0 aliphatic rings. The van der Waals surface area contributed by atoms with Crippen LogP contribution in [0.25, 0.3) is 11.0 Å². The van der Waals surface area contributed by atoms with Gasteiger partial charge in [0.25, 0.3) is 0 Å². The Morgan fingerprint density at radius 3 is 1.81 bits per heavy atom. The van der Waals surface area contributed by atoms with Gasteiger partial charge in [-0.2, -0.15) is 0 Å². The van der Waals surface area contributed by atoms with E-state index >= 15 is 0 Å². The average Bonchev–Trinajstić information content (AvgIpc) is 3.45. The molecule has 42 heavy (non-hydrogen) atoms. The van der Waals surface area contributed by atoms with Crippen molar-refractivity contribution in [2.75, 3.05) is 5.75 Å². The number of benzene rings is 4. The van der Waals surface area contributed by atoms with Crippen LogP contribution < -0.4 is 11.1 Å². The summed E-state index contributed by atoms with van der Waals surface area (Å²) in [6.07, 6.45) is 0. The highest BCUT2D eigenvalue weighted by molar-refractivity contribution is 8.00. The number of thioether (sulfide) groups is 2. The molecule has 5 rings (SSSR count). The fraction of sp³-hybridized carbons (Fsp3) is 0.206. The summed E-state index contributed by atoms with van der Waals surface area (Å²) in [5.41, 5.74) is 11.5. The minimum absolute atomic E-state index is 0.296. The number of imidazole rings is 1. The summed E-state index contributed by atoms with van der Waals surface area (Å²) in [4.78, 5) is 34.3. The van der Waals surface area contributed by atoms with Crippen LogP contribution in [0.15, 0.2) is 115 Å². The van der Waals surface area contributed by atoms with Crippen LogP contribution in [0.3, 0.4) is 0 Å². The number of imide groups is 1. The van der Waals surface area contributed by atoms with E-state index < -0.39 is 21.4 Å². The lowest BCUT2D eigenvalue weighted by Gasteiger charge is -2.36. The average molecular weight is 595 g/mol. The fourth-order valence-electron chi connectivity index (χ4n) is 4.80. The molecular weight excluding hydrogens is 561 g/mol. The Kier molecular flexibility index (Phi) is 9.16. The summed E-state index contributed by atoms with van der Waals surface area (Å²) in [7, 11) is 0. The molecule has 0 fully saturated rings. The van der Waals surface area contributed by atoms with E-state index in [0.717, 1.165) is 33.5 Å². The highest BCUT2D eigenvalue weighted by atomic mass is 32.2. The number of carbonyl (C=O) groups excluding carboxylic acids is 2. The standard InChI is InChI=1S/C34H34N4O2S2/c1-33(2,41-23-30-36-28-20-12-13-21-29(28)37-30)32(40)38-31(39)27(35)22-42-34(24-14-6-3-7-15-24,25-16-8-4-9-17-25)26-18-10-5-11-19-26/h3-21,27H,22-23,35H2,1-2H3,(H,36,37)(H,38,39,40)/t27-/m0/s1. The zero-order valence-corrected chi connectivity index (χ0v) is 25.3. The van der Waals surface area contributed by atoms with Gasteiger partial charge in [-0.1, -0.05) is 103 Å². The topological polar surface area (TPSA) is 101 Å². The Bertz CT molecular complexity index is 1510. The van der Waals surface area contributed by atoms with Crippen LogP contribution in [0.5, 0.6) is 0 Å². The number of nitrogens with two attached hydrogens (primary N) is 1. The molecule has 0 aliphatic heterocycles. The predicted molar refractivity (Wildman–Crippen MR) is 174 cm³/mol. The van der Waals surface area contributed by atoms with Crippen LogP contribution in [0.2, 0.25) is 0 Å². The molecule has 0 aliphatic carbocycles. The molecule has 0 radical (unpaired) electrons. The summed E-state index contributed by atoms with van der Waals surface area (Å²) in [5.74, 6) is 0.701. The molecule has 6 nitrogen and oxygen atoms in total. The van der Waals surface area contributed by atoms with Crippen molar-refractivity contribution in [3.63, 3.8) is 0 Å². The molecule has 1 heterocycles. The predicted octanol–water partition coefficient (Wildman–Crippen LogP) is 6.27. The number of aromatic amines is 1. The number of para-hydroxylation sites is 2. The third-order valence-electron chi connectivity index (χ3n) is 7.15. The van der Waals surface area contributed by atoms with Crippen LogP contribution in [0.4, 0.5) is 0 Å². The van der Waals surface area contributed by atoms with E-state index in [0.29, 0.717) is 11.5 Å². The number of amides is 2. The summed E-state index contributed by atoms with van der Waals surface area (Å²) in [5, 5.41) is 2.57. The number of rotatable bonds is 11. The van der Waals surface area contributed by atoms with E-state index in [-0.39, 0.29) is 5.91 Å². The molecule has 4 N–H and O–H groups in total. The Morgan fingerprint density at radius 1 is 0.786 bits per heavy atom. The first-order chi connectivity index (χ1) is 20.3. The molecule has 4 aromatic carbocycles. The Morgan fingerprint density at radius 2 is 1.29 bits per heavy atom. The molecule has 0 saturated carbocycles. The van der Waals surface area contributed by atoms with Crippen LogP contribution >= 0.6 is 23.5 Å². The molecule has 1 aromatic heterocycles. The first kappa shape index (κ1) is 29.6. The molecule has 8 heteroatoms. The summed E-state index contributed by atoms with van der Waals surface area (Å²) >= 11 is 3.01. The molecular formula is C34H34N4O2S2. The highest BCUT2D eigenvalue weighted by Crippen LogP contribution is 2.48. The van der Waals surface area contributed by atoms with E-state index in [9.17, 15) is 9.59 Å². The number of fused-ring (bicyclic) bond motifs is 1. The third-order valence-corrected chi connectivity index (χ3v) is 10.1. The van der Waals surface area contributed by atoms with Gasteiger partial charge in [0, 0.05) is 5.75 Å². The Hall–Kier alpha value is -3.85. The van der Waals surface area contributed by atoms with Crippen molar-refractivity contribution in [2.45, 2.75) is 35.1 Å². The van der Waals surface area contributed by atoms with Crippen LogP contribution in [0.1, 0.15) is 36.4 Å². The maximum Gasteiger partial charge on any atom is 0.244 e. The Labute approximate surface area is 254 Å². The molecule has 0 bridgehead atoms. The molecule has 2 amide bonds. The summed E-state index contributed by atoms with van der Waals surface area (Å²) in [6, 6.07) is 37.6. The minimum atomic E-state index is -0.898. The van der Waals surface area contributed by atoms with Gasteiger partial charge < -0.3 is 10.7 Å². The van der Waals surface area contributed by atoms with Gasteiger partial charge in [-0.25, -0.2) is 4.98 Å². The van der Waals surface area contributed by atoms with Gasteiger partial charge in [0.2, 0.25) is 11.8 Å². The molecule has 1 atom stereocenters. The first-order valence-electron chi connectivity index (χ1n) is 13.8. The lowest BCUT2D eigenvalue weighted by atomic mass is 9.84. The number of aromatic nitrogens is 2. The lowest BCUT2D eigenvalue weighted by molar-refractivity contribution is -0.131. The largest absolute Gasteiger partial charge is 0.341 e. The van der Waals surface area contributed by atoms with Crippen molar-refractivity contribution in [2.24, 2.45) is 5.73 Å². The van der Waals surface area contributed by atoms with Crippen molar-refractivity contribution in [3.05, 3.63) is 138 Å². The number of carbonyl (C=O) groups is 2. The second kappa shape index (κ2) is 13.0. The number of hydrogen-bond acceptors (Lipinski definition) is 6. The summed E-state index contributed by atoms with van der Waals surface area (Å²) in [6.45, 7) is 3.60. The molecule has 5 aromatic rings. The molecule has 0 spiro atoms. The van der Waals surface area contributed by atoms with E-state index in [4.69, 9.17) is 5.73 Å². The molecule has 0 saturated heterocycles. The van der Waals surface area contributed by atoms with Gasteiger partial charge in [0.05, 0.1) is 32.3 Å². The van der Waals surface area contributed by atoms with Crippen molar-refractivity contribution >= 4 is 46.4 Å². The maximum absolute atomic E-state index is 13.2. The van der Waals surface area contributed by atoms with E-state index in [1.165, 1.54) is 11.8 Å². The van der Waals surface area contributed by atoms with Gasteiger partial charge in [-0.3, -0.25) is 14.9 Å². The lowest BCUT2D eigenvalue weighted by Crippen LogP contribution is -2.50. The zero-order chi connectivity index (χ0) is 29.6. The van der Waals surface area contributed by atoms with Crippen molar-refractivity contribution in [1.82, 2.24) is 15.3 Å². The minimum Gasteiger partial charge on any atom is -0.341 e. The van der Waals surface area contributed by atoms with Crippen LogP contribution in [0, 0.1) is 0 Å². The number of nitrogens with zero attached hydrogens (tertiary/aromatic N) is 1. The Balaban J connectivity index is 1.30. The van der Waals surface area contributed by atoms with Crippen molar-refractivity contribution < 1.29 is 9.59 Å². The smallest absolute Gasteiger partial charge is 0.244 e. The van der Waals surface area contributed by atoms with Gasteiger partial charge >= 0.3 is 0 Å². The van der Waals surface area contributed by atoms with E-state index in [1.54, 1.807) is 25.6 Å². The van der Waals surface area contributed by atoms with E-state index in [1.807, 2.05) is 78.9 Å². The van der Waals surface area contributed by atoms with Crippen LogP contribution in [-0.4, -0.2) is 38.3 Å². The molecule has 0 unspecified atom stereocenters. The monoisotopic (exact) mass is 594 g/mol. The third kappa shape index (κ3) is 6.46. The first-order valence-corrected chi connectivity index (χ1v) is 15.8. The normalized spacial score (nSPS) is 12.6. The fourth-order valence-corrected chi connectivity index (χ4v) is 7.11. The van der Waals surface area contributed by atoms with Gasteiger partial charge in [0.1, 0.15) is 5.82 Å². The van der Waals surface area contributed by atoms with E-state index in [2.05, 4.69) is 51.7 Å². The number of nitrogens with one attached hydrogen (secondary N) is 2. The molecule has 214 valence electrons. The van der Waals surface area contributed by atoms with Gasteiger partial charge in [-0.05, 0) is 42.7 Å².